The van der Waals surface area contributed by atoms with Gasteiger partial charge in [-0.3, -0.25) is 0 Å². The maximum absolute atomic E-state index is 6.10. The largest absolute Gasteiger partial charge is 0.496 e. The quantitative estimate of drug-likeness (QED) is 0.942. The number of methoxy groups -OCH3 is 1. The lowest BCUT2D eigenvalue weighted by molar-refractivity contribution is 0.254. The summed E-state index contributed by atoms with van der Waals surface area (Å²) in [7, 11) is 1.67. The van der Waals surface area contributed by atoms with Crippen LogP contribution in [0, 0.1) is 0 Å². The topological polar surface area (TPSA) is 57.4 Å². The molecule has 0 radical (unpaired) electrons. The highest BCUT2D eigenvalue weighted by Crippen LogP contribution is 2.42. The van der Waals surface area contributed by atoms with E-state index in [-0.39, 0.29) is 6.10 Å². The van der Waals surface area contributed by atoms with Crippen molar-refractivity contribution in [2.24, 2.45) is 0 Å². The minimum atomic E-state index is 0.212. The minimum absolute atomic E-state index is 0.212. The molecule has 1 aromatic heterocycles. The smallest absolute Gasteiger partial charge is 0.128 e. The van der Waals surface area contributed by atoms with Crippen LogP contribution in [-0.4, -0.2) is 18.2 Å². The first-order valence-corrected chi connectivity index (χ1v) is 7.57. The number of aromatic nitrogens is 1. The lowest BCUT2D eigenvalue weighted by atomic mass is 10.0. The Labute approximate surface area is 122 Å². The van der Waals surface area contributed by atoms with Crippen LogP contribution in [0.5, 0.6) is 11.5 Å². The SMILES string of the molecule is CCc1nc(-c2cc3c(cc2OC)CC(C)O3)c(N)s1. The highest BCUT2D eigenvalue weighted by molar-refractivity contribution is 7.16. The summed E-state index contributed by atoms with van der Waals surface area (Å²) in [6.07, 6.45) is 2.01. The van der Waals surface area contributed by atoms with Gasteiger partial charge in [0.1, 0.15) is 28.3 Å². The molecule has 4 nitrogen and oxygen atoms in total. The van der Waals surface area contributed by atoms with Gasteiger partial charge in [-0.25, -0.2) is 4.98 Å². The number of nitrogens with zero attached hydrogens (tertiary/aromatic N) is 1. The molecule has 0 spiro atoms. The molecule has 0 saturated carbocycles. The van der Waals surface area contributed by atoms with Gasteiger partial charge in [-0.2, -0.15) is 0 Å². The van der Waals surface area contributed by atoms with Crippen LogP contribution in [0.2, 0.25) is 0 Å². The number of hydrogen-bond acceptors (Lipinski definition) is 5. The molecule has 1 atom stereocenters. The number of benzene rings is 1. The Hall–Kier alpha value is -1.75. The summed E-state index contributed by atoms with van der Waals surface area (Å²) in [4.78, 5) is 4.61. The zero-order valence-corrected chi connectivity index (χ0v) is 12.7. The molecular formula is C15H18N2O2S. The number of hydrogen-bond donors (Lipinski definition) is 1. The second kappa shape index (κ2) is 4.98. The van der Waals surface area contributed by atoms with Crippen molar-refractivity contribution >= 4 is 16.3 Å². The Balaban J connectivity index is 2.13. The van der Waals surface area contributed by atoms with E-state index in [1.807, 2.05) is 12.1 Å². The van der Waals surface area contributed by atoms with E-state index in [4.69, 9.17) is 15.2 Å². The fourth-order valence-corrected chi connectivity index (χ4v) is 3.30. The molecule has 1 unspecified atom stereocenters. The predicted octanol–water partition coefficient (Wildman–Crippen LogP) is 3.29. The Morgan fingerprint density at radius 2 is 2.30 bits per heavy atom. The molecule has 3 rings (SSSR count). The van der Waals surface area contributed by atoms with E-state index in [1.54, 1.807) is 7.11 Å². The molecule has 2 N–H and O–H groups in total. The van der Waals surface area contributed by atoms with Crippen LogP contribution in [0.1, 0.15) is 24.4 Å². The summed E-state index contributed by atoms with van der Waals surface area (Å²) in [6, 6.07) is 4.04. The van der Waals surface area contributed by atoms with Gasteiger partial charge in [0.05, 0.1) is 12.1 Å². The zero-order chi connectivity index (χ0) is 14.3. The fraction of sp³-hybridized carbons (Fsp3) is 0.400. The van der Waals surface area contributed by atoms with Gasteiger partial charge >= 0.3 is 0 Å². The lowest BCUT2D eigenvalue weighted by Crippen LogP contribution is -2.05. The molecule has 2 aromatic rings. The van der Waals surface area contributed by atoms with E-state index >= 15 is 0 Å². The van der Waals surface area contributed by atoms with Crippen molar-refractivity contribution in [1.29, 1.82) is 0 Å². The average Bonchev–Trinajstić information content (AvgIpc) is 2.98. The first-order chi connectivity index (χ1) is 9.62. The molecule has 20 heavy (non-hydrogen) atoms. The van der Waals surface area contributed by atoms with Crippen molar-refractivity contribution in [3.8, 4) is 22.8 Å². The third-order valence-corrected chi connectivity index (χ3v) is 4.50. The van der Waals surface area contributed by atoms with Crippen LogP contribution in [0.15, 0.2) is 12.1 Å². The predicted molar refractivity (Wildman–Crippen MR) is 81.7 cm³/mol. The maximum atomic E-state index is 6.10. The van der Waals surface area contributed by atoms with E-state index < -0.39 is 0 Å². The summed E-state index contributed by atoms with van der Waals surface area (Å²) in [6.45, 7) is 4.14. The minimum Gasteiger partial charge on any atom is -0.496 e. The van der Waals surface area contributed by atoms with Gasteiger partial charge in [0.2, 0.25) is 0 Å². The molecule has 106 valence electrons. The van der Waals surface area contributed by atoms with Crippen molar-refractivity contribution in [3.63, 3.8) is 0 Å². The number of nitrogens with two attached hydrogens (primary N) is 1. The van der Waals surface area contributed by atoms with E-state index in [1.165, 1.54) is 16.9 Å². The van der Waals surface area contributed by atoms with Gasteiger partial charge in [-0.1, -0.05) is 6.92 Å². The highest BCUT2D eigenvalue weighted by Gasteiger charge is 2.24. The second-order valence-electron chi connectivity index (χ2n) is 4.97. The van der Waals surface area contributed by atoms with Crippen molar-refractivity contribution in [3.05, 3.63) is 22.7 Å². The number of ether oxygens (including phenoxy) is 2. The van der Waals surface area contributed by atoms with Crippen LogP contribution in [-0.2, 0) is 12.8 Å². The Bertz CT molecular complexity index is 652. The van der Waals surface area contributed by atoms with Crippen LogP contribution in [0.4, 0.5) is 5.00 Å². The zero-order valence-electron chi connectivity index (χ0n) is 11.9. The molecular weight excluding hydrogens is 272 g/mol. The van der Waals surface area contributed by atoms with Crippen LogP contribution in [0.25, 0.3) is 11.3 Å². The van der Waals surface area contributed by atoms with E-state index in [0.29, 0.717) is 0 Å². The van der Waals surface area contributed by atoms with Crippen molar-refractivity contribution in [2.75, 3.05) is 12.8 Å². The molecule has 0 saturated heterocycles. The van der Waals surface area contributed by atoms with Gasteiger partial charge in [0.15, 0.2) is 0 Å². The molecule has 0 bridgehead atoms. The van der Waals surface area contributed by atoms with Gasteiger partial charge in [-0.05, 0) is 25.5 Å². The maximum Gasteiger partial charge on any atom is 0.128 e. The first kappa shape index (κ1) is 13.2. The highest BCUT2D eigenvalue weighted by atomic mass is 32.1. The molecule has 2 heterocycles. The van der Waals surface area contributed by atoms with Crippen LogP contribution < -0.4 is 15.2 Å². The van der Waals surface area contributed by atoms with Crippen molar-refractivity contribution in [1.82, 2.24) is 4.98 Å². The summed E-state index contributed by atoms with van der Waals surface area (Å²) < 4.78 is 11.3. The van der Waals surface area contributed by atoms with Crippen LogP contribution in [0.3, 0.4) is 0 Å². The van der Waals surface area contributed by atoms with E-state index in [9.17, 15) is 0 Å². The molecule has 0 aliphatic carbocycles. The molecule has 0 fully saturated rings. The normalized spacial score (nSPS) is 16.9. The molecule has 1 aliphatic heterocycles. The molecule has 0 amide bonds. The summed E-state index contributed by atoms with van der Waals surface area (Å²) >= 11 is 1.53. The lowest BCUT2D eigenvalue weighted by Gasteiger charge is -2.10. The van der Waals surface area contributed by atoms with Gasteiger partial charge in [0.25, 0.3) is 0 Å². The Kier molecular flexibility index (Phi) is 3.30. The average molecular weight is 290 g/mol. The second-order valence-corrected chi connectivity index (χ2v) is 6.08. The van der Waals surface area contributed by atoms with Crippen molar-refractivity contribution in [2.45, 2.75) is 32.8 Å². The van der Waals surface area contributed by atoms with Gasteiger partial charge in [-0.15, -0.1) is 11.3 Å². The van der Waals surface area contributed by atoms with Gasteiger partial charge < -0.3 is 15.2 Å². The fourth-order valence-electron chi connectivity index (χ4n) is 2.52. The van der Waals surface area contributed by atoms with Gasteiger partial charge in [0, 0.05) is 17.5 Å². The molecule has 1 aliphatic rings. The molecule has 5 heteroatoms. The number of fused-ring (bicyclic) bond motifs is 1. The number of aryl methyl sites for hydroxylation is 1. The standard InChI is InChI=1S/C15H18N2O2S/c1-4-13-17-14(15(16)20-13)10-7-11-9(5-8(2)19-11)6-12(10)18-3/h6-8H,4-5,16H2,1-3H3. The first-order valence-electron chi connectivity index (χ1n) is 6.75. The van der Waals surface area contributed by atoms with Crippen LogP contribution >= 0.6 is 11.3 Å². The van der Waals surface area contributed by atoms with Crippen molar-refractivity contribution < 1.29 is 9.47 Å². The summed E-state index contributed by atoms with van der Waals surface area (Å²) in [5.41, 5.74) is 9.00. The Morgan fingerprint density at radius 3 is 2.95 bits per heavy atom. The van der Waals surface area contributed by atoms with E-state index in [0.717, 1.165) is 45.6 Å². The number of thiazole rings is 1. The van der Waals surface area contributed by atoms with E-state index in [2.05, 4.69) is 18.8 Å². The number of anilines is 1. The summed E-state index contributed by atoms with van der Waals surface area (Å²) in [5, 5.41) is 1.76. The summed E-state index contributed by atoms with van der Waals surface area (Å²) in [5.74, 6) is 1.72. The molecule has 1 aromatic carbocycles. The number of nitrogen functional groups attached to an aromatic ring is 1. The monoisotopic (exact) mass is 290 g/mol. The number of rotatable bonds is 3. The third-order valence-electron chi connectivity index (χ3n) is 3.47. The Morgan fingerprint density at radius 1 is 1.50 bits per heavy atom. The third kappa shape index (κ3) is 2.12.